The van der Waals surface area contributed by atoms with Gasteiger partial charge in [-0.15, -0.1) is 0 Å². The van der Waals surface area contributed by atoms with Crippen molar-refractivity contribution in [3.8, 4) is 0 Å². The summed E-state index contributed by atoms with van der Waals surface area (Å²) < 4.78 is 36.2. The van der Waals surface area contributed by atoms with Crippen LogP contribution >= 0.6 is 0 Å². The van der Waals surface area contributed by atoms with E-state index in [4.69, 9.17) is 0 Å². The van der Waals surface area contributed by atoms with Gasteiger partial charge in [-0.05, 0) is 6.08 Å². The molecule has 1 unspecified atom stereocenters. The molecule has 0 aliphatic heterocycles. The maximum atomic E-state index is 12.2. The van der Waals surface area contributed by atoms with Gasteiger partial charge in [0.25, 0.3) is 0 Å². The zero-order chi connectivity index (χ0) is 7.02. The number of rotatable bonds is 0. The highest BCUT2D eigenvalue weighted by molar-refractivity contribution is 5.32. The molecule has 1 atom stereocenters. The van der Waals surface area contributed by atoms with Gasteiger partial charge >= 0.3 is 0 Å². The van der Waals surface area contributed by atoms with E-state index in [9.17, 15) is 13.2 Å². The normalized spacial score (nSPS) is 27.1. The van der Waals surface area contributed by atoms with E-state index in [0.717, 1.165) is 6.08 Å². The van der Waals surface area contributed by atoms with Crippen molar-refractivity contribution >= 4 is 0 Å². The largest absolute Gasteiger partial charge is 0.208 e. The molecular weight excluding hydrogens is 129 g/mol. The molecule has 0 saturated carbocycles. The summed E-state index contributed by atoms with van der Waals surface area (Å²) in [5.41, 5.74) is 0. The average Bonchev–Trinajstić information content (AvgIpc) is 1.98. The fourth-order valence-electron chi connectivity index (χ4n) is 0.680. The molecule has 3 heteroatoms. The van der Waals surface area contributed by atoms with Crippen LogP contribution in [0.4, 0.5) is 13.2 Å². The van der Waals surface area contributed by atoms with Crippen molar-refractivity contribution in [2.75, 3.05) is 0 Å². The van der Waals surface area contributed by atoms with Gasteiger partial charge in [0.15, 0.2) is 11.7 Å². The van der Waals surface area contributed by atoms with Crippen LogP contribution in [-0.2, 0) is 0 Å². The minimum Gasteiger partial charge on any atom is -0.208 e. The van der Waals surface area contributed by atoms with E-state index in [1.54, 1.807) is 0 Å². The maximum Gasteiger partial charge on any atom is 0.190 e. The quantitative estimate of drug-likeness (QED) is 0.477. The van der Waals surface area contributed by atoms with Crippen LogP contribution in [0.5, 0.6) is 0 Å². The van der Waals surface area contributed by atoms with Gasteiger partial charge in [0.05, 0.1) is 0 Å². The zero-order valence-corrected chi connectivity index (χ0v) is 4.79. The van der Waals surface area contributed by atoms with Crippen LogP contribution in [-0.4, -0.2) is 0 Å². The molecule has 0 spiro atoms. The van der Waals surface area contributed by atoms with E-state index in [0.29, 0.717) is 0 Å². The molecule has 0 nitrogen and oxygen atoms in total. The van der Waals surface area contributed by atoms with E-state index < -0.39 is 23.4 Å². The highest BCUT2D eigenvalue weighted by atomic mass is 19.2. The van der Waals surface area contributed by atoms with Gasteiger partial charge in [0.1, 0.15) is 5.83 Å². The lowest BCUT2D eigenvalue weighted by Gasteiger charge is -1.91. The highest BCUT2D eigenvalue weighted by Gasteiger charge is 2.23. The number of halogens is 3. The summed E-state index contributed by atoms with van der Waals surface area (Å²) in [5, 5.41) is 0. The molecule has 0 amide bonds. The van der Waals surface area contributed by atoms with Crippen LogP contribution in [0.1, 0.15) is 6.92 Å². The second kappa shape index (κ2) is 1.90. The molecule has 1 aliphatic rings. The summed E-state index contributed by atoms with van der Waals surface area (Å²) in [5.74, 6) is -4.17. The van der Waals surface area contributed by atoms with E-state index in [-0.39, 0.29) is 0 Å². The predicted octanol–water partition coefficient (Wildman–Crippen LogP) is 2.64. The lowest BCUT2D eigenvalue weighted by atomic mass is 10.2. The Bertz CT molecular complexity index is 190. The maximum absolute atomic E-state index is 12.2. The third-order valence-electron chi connectivity index (χ3n) is 1.22. The zero-order valence-electron chi connectivity index (χ0n) is 4.79. The summed E-state index contributed by atoms with van der Waals surface area (Å²) in [6, 6.07) is 0. The summed E-state index contributed by atoms with van der Waals surface area (Å²) in [7, 11) is 0. The molecule has 0 heterocycles. The van der Waals surface area contributed by atoms with Gasteiger partial charge in [-0.1, -0.05) is 6.92 Å². The average molecular weight is 134 g/mol. The van der Waals surface area contributed by atoms with Crippen molar-refractivity contribution in [3.05, 3.63) is 23.6 Å². The first-order valence-electron chi connectivity index (χ1n) is 2.55. The number of allylic oxidation sites excluding steroid dienone is 4. The molecule has 0 fully saturated rings. The first-order chi connectivity index (χ1) is 4.13. The third-order valence-corrected chi connectivity index (χ3v) is 1.22. The summed E-state index contributed by atoms with van der Waals surface area (Å²) in [6.45, 7) is 1.39. The minimum atomic E-state index is -1.34. The molecule has 0 radical (unpaired) electrons. The van der Waals surface area contributed by atoms with Gasteiger partial charge < -0.3 is 0 Å². The van der Waals surface area contributed by atoms with Crippen LogP contribution in [0.3, 0.4) is 0 Å². The SMILES string of the molecule is CC1C=C(F)C(F)=C1F. The summed E-state index contributed by atoms with van der Waals surface area (Å²) in [6.07, 6.45) is 0.907. The van der Waals surface area contributed by atoms with Gasteiger partial charge in [-0.2, -0.15) is 0 Å². The third kappa shape index (κ3) is 0.866. The molecule has 0 saturated heterocycles. The minimum absolute atomic E-state index is 0.731. The van der Waals surface area contributed by atoms with Crippen molar-refractivity contribution in [1.82, 2.24) is 0 Å². The van der Waals surface area contributed by atoms with Crippen molar-refractivity contribution in [1.29, 1.82) is 0 Å². The van der Waals surface area contributed by atoms with Crippen LogP contribution in [0, 0.1) is 5.92 Å². The van der Waals surface area contributed by atoms with Crippen LogP contribution in [0.2, 0.25) is 0 Å². The first kappa shape index (κ1) is 6.39. The lowest BCUT2D eigenvalue weighted by Crippen LogP contribution is -1.83. The predicted molar refractivity (Wildman–Crippen MR) is 27.6 cm³/mol. The van der Waals surface area contributed by atoms with Crippen LogP contribution in [0.15, 0.2) is 23.6 Å². The highest BCUT2D eigenvalue weighted by Crippen LogP contribution is 2.32. The molecule has 1 aliphatic carbocycles. The molecule has 50 valence electrons. The number of hydrogen-bond donors (Lipinski definition) is 0. The van der Waals surface area contributed by atoms with Gasteiger partial charge in [0.2, 0.25) is 0 Å². The van der Waals surface area contributed by atoms with E-state index >= 15 is 0 Å². The molecule has 0 aromatic heterocycles. The smallest absolute Gasteiger partial charge is 0.190 e. The van der Waals surface area contributed by atoms with Crippen LogP contribution < -0.4 is 0 Å². The van der Waals surface area contributed by atoms with Crippen molar-refractivity contribution < 1.29 is 13.2 Å². The molecule has 9 heavy (non-hydrogen) atoms. The second-order valence-corrected chi connectivity index (χ2v) is 1.97. The monoisotopic (exact) mass is 134 g/mol. The lowest BCUT2D eigenvalue weighted by molar-refractivity contribution is 0.487. The fraction of sp³-hybridized carbons (Fsp3) is 0.333. The molecule has 0 aromatic carbocycles. The van der Waals surface area contributed by atoms with E-state index in [1.807, 2.05) is 0 Å². The summed E-state index contributed by atoms with van der Waals surface area (Å²) >= 11 is 0. The topological polar surface area (TPSA) is 0 Å². The van der Waals surface area contributed by atoms with Crippen LogP contribution in [0.25, 0.3) is 0 Å². The Labute approximate surface area is 50.7 Å². The van der Waals surface area contributed by atoms with Crippen molar-refractivity contribution in [2.45, 2.75) is 6.92 Å². The fourth-order valence-corrected chi connectivity index (χ4v) is 0.680. The standard InChI is InChI=1S/C6H5F3/c1-3-2-4(7)6(9)5(3)8/h2-3H,1H3. The van der Waals surface area contributed by atoms with E-state index in [2.05, 4.69) is 0 Å². The van der Waals surface area contributed by atoms with Gasteiger partial charge in [-0.25, -0.2) is 13.2 Å². The van der Waals surface area contributed by atoms with E-state index in [1.165, 1.54) is 6.92 Å². The molecule has 1 rings (SSSR count). The molecule has 0 N–H and O–H groups in total. The molecule has 0 aromatic rings. The Morgan fingerprint density at radius 1 is 1.33 bits per heavy atom. The number of hydrogen-bond acceptors (Lipinski definition) is 0. The first-order valence-corrected chi connectivity index (χ1v) is 2.55. The van der Waals surface area contributed by atoms with Crippen molar-refractivity contribution in [3.63, 3.8) is 0 Å². The van der Waals surface area contributed by atoms with Crippen molar-refractivity contribution in [2.24, 2.45) is 5.92 Å². The van der Waals surface area contributed by atoms with Gasteiger partial charge in [0, 0.05) is 5.92 Å². The Kier molecular flexibility index (Phi) is 1.35. The molecule has 0 bridgehead atoms. The second-order valence-electron chi connectivity index (χ2n) is 1.97. The summed E-state index contributed by atoms with van der Waals surface area (Å²) in [4.78, 5) is 0. The van der Waals surface area contributed by atoms with Gasteiger partial charge in [-0.3, -0.25) is 0 Å². The molecular formula is C6H5F3. The Balaban J connectivity index is 2.97. The Morgan fingerprint density at radius 3 is 2.00 bits per heavy atom. The Hall–Kier alpha value is -0.730. The Morgan fingerprint density at radius 2 is 1.89 bits per heavy atom.